The second kappa shape index (κ2) is 10.6. The Labute approximate surface area is 194 Å². The normalized spacial score (nSPS) is 15.6. The van der Waals surface area contributed by atoms with Gasteiger partial charge >= 0.3 is 5.97 Å². The van der Waals surface area contributed by atoms with Crippen LogP contribution in [0, 0.1) is 5.92 Å². The van der Waals surface area contributed by atoms with E-state index in [1.54, 1.807) is 6.08 Å². The topological polar surface area (TPSA) is 45.3 Å². The molecule has 2 aromatic carbocycles. The van der Waals surface area contributed by atoms with Crippen LogP contribution < -0.4 is 0 Å². The van der Waals surface area contributed by atoms with Gasteiger partial charge in [-0.2, -0.15) is 0 Å². The fourth-order valence-electron chi connectivity index (χ4n) is 4.36. The van der Waals surface area contributed by atoms with Crippen molar-refractivity contribution in [3.63, 3.8) is 0 Å². The van der Waals surface area contributed by atoms with E-state index in [0.717, 1.165) is 36.0 Å². The van der Waals surface area contributed by atoms with E-state index in [-0.39, 0.29) is 17.7 Å². The van der Waals surface area contributed by atoms with Crippen molar-refractivity contribution in [3.05, 3.63) is 89.4 Å². The first-order valence-electron chi connectivity index (χ1n) is 11.6. The van der Waals surface area contributed by atoms with Gasteiger partial charge in [-0.1, -0.05) is 49.4 Å². The highest BCUT2D eigenvalue weighted by Gasteiger charge is 2.32. The predicted molar refractivity (Wildman–Crippen MR) is 132 cm³/mol. The van der Waals surface area contributed by atoms with Crippen molar-refractivity contribution in [2.24, 2.45) is 5.92 Å². The van der Waals surface area contributed by atoms with Crippen molar-refractivity contribution in [2.45, 2.75) is 26.2 Å². The van der Waals surface area contributed by atoms with E-state index in [4.69, 9.17) is 4.74 Å². The summed E-state index contributed by atoms with van der Waals surface area (Å²) in [5.41, 5.74) is 4.91. The van der Waals surface area contributed by atoms with Gasteiger partial charge in [0.05, 0.1) is 13.0 Å². The van der Waals surface area contributed by atoms with Crippen LogP contribution in [0.1, 0.15) is 36.6 Å². The van der Waals surface area contributed by atoms with E-state index < -0.39 is 0 Å². The summed E-state index contributed by atoms with van der Waals surface area (Å²) in [5.74, 6) is -0.415. The van der Waals surface area contributed by atoms with Crippen LogP contribution in [-0.4, -0.2) is 42.6 Å². The number of aromatic amines is 1. The zero-order valence-corrected chi connectivity index (χ0v) is 19.3. The second-order valence-corrected chi connectivity index (χ2v) is 8.61. The molecule has 1 fully saturated rings. The first kappa shape index (κ1) is 23.0. The summed E-state index contributed by atoms with van der Waals surface area (Å²) in [6.07, 6.45) is 5.80. The highest BCUT2D eigenvalue weighted by molar-refractivity contribution is 5.88. The lowest BCUT2D eigenvalue weighted by Gasteiger charge is -2.37. The minimum Gasteiger partial charge on any atom is -0.469 e. The number of aromatic nitrogens is 1. The van der Waals surface area contributed by atoms with E-state index in [1.807, 2.05) is 25.1 Å². The Morgan fingerprint density at radius 1 is 1.12 bits per heavy atom. The minimum atomic E-state index is -0.210. The molecule has 172 valence electrons. The number of rotatable bonds is 9. The number of methoxy groups -OCH3 is 1. The van der Waals surface area contributed by atoms with Gasteiger partial charge in [-0.3, -0.25) is 4.79 Å². The summed E-state index contributed by atoms with van der Waals surface area (Å²) in [4.78, 5) is 17.0. The fourth-order valence-corrected chi connectivity index (χ4v) is 4.36. The number of likely N-dealkylation sites (tertiary alicyclic amines) is 1. The maximum absolute atomic E-state index is 15.1. The van der Waals surface area contributed by atoms with Crippen LogP contribution in [0.5, 0.6) is 0 Å². The summed E-state index contributed by atoms with van der Waals surface area (Å²) in [5, 5.41) is 1.09. The van der Waals surface area contributed by atoms with E-state index in [2.05, 4.69) is 52.3 Å². The largest absolute Gasteiger partial charge is 0.469 e. The molecule has 5 heteroatoms. The lowest BCUT2D eigenvalue weighted by molar-refractivity contribution is -0.151. The average Bonchev–Trinajstić information content (AvgIpc) is 3.22. The molecule has 0 radical (unpaired) electrons. The Kier molecular flexibility index (Phi) is 7.40. The number of nitrogens with one attached hydrogen (secondary N) is 1. The van der Waals surface area contributed by atoms with Crippen LogP contribution >= 0.6 is 0 Å². The molecule has 0 saturated carbocycles. The van der Waals surface area contributed by atoms with Gasteiger partial charge in [-0.15, -0.1) is 0 Å². The third-order valence-corrected chi connectivity index (χ3v) is 6.15. The van der Waals surface area contributed by atoms with Gasteiger partial charge in [0.15, 0.2) is 0 Å². The number of H-pyrrole nitrogens is 1. The molecule has 1 saturated heterocycles. The summed E-state index contributed by atoms with van der Waals surface area (Å²) in [6, 6.07) is 18.8. The third kappa shape index (κ3) is 5.60. The molecule has 2 heterocycles. The number of carbonyl (C=O) groups excluding carboxylic acids is 1. The van der Waals surface area contributed by atoms with E-state index in [1.165, 1.54) is 18.2 Å². The van der Waals surface area contributed by atoms with Gasteiger partial charge in [0.1, 0.15) is 5.83 Å². The fraction of sp³-hybridized carbons (Fsp3) is 0.321. The lowest BCUT2D eigenvalue weighted by Crippen LogP contribution is -2.50. The molecular formula is C28H31FN2O2. The molecule has 0 spiro atoms. The molecule has 4 rings (SSSR count). The number of fused-ring (bicyclic) bond motifs is 1. The summed E-state index contributed by atoms with van der Waals surface area (Å²) in [6.45, 7) is 4.12. The van der Waals surface area contributed by atoms with Gasteiger partial charge in [0.25, 0.3) is 0 Å². The number of hydrogen-bond donors (Lipinski definition) is 1. The van der Waals surface area contributed by atoms with Crippen LogP contribution in [0.2, 0.25) is 0 Å². The number of esters is 1. The van der Waals surface area contributed by atoms with Crippen LogP contribution in [-0.2, 0) is 16.0 Å². The molecule has 1 N–H and O–H groups in total. The molecule has 0 amide bonds. The Balaban J connectivity index is 1.43. The van der Waals surface area contributed by atoms with Crippen LogP contribution in [0.25, 0.3) is 16.5 Å². The van der Waals surface area contributed by atoms with E-state index in [0.29, 0.717) is 25.1 Å². The van der Waals surface area contributed by atoms with Crippen molar-refractivity contribution in [1.29, 1.82) is 0 Å². The SMILES string of the molecule is CC/C=C(\C(F)=C/CCN1CC(C(=O)OC)C1)c1cc2cc(Cc3ccccc3)ccc2[nH]1. The monoisotopic (exact) mass is 446 g/mol. The number of nitrogens with zero attached hydrogens (tertiary/aromatic N) is 1. The second-order valence-electron chi connectivity index (χ2n) is 8.61. The number of allylic oxidation sites excluding steroid dienone is 3. The zero-order valence-electron chi connectivity index (χ0n) is 19.3. The Morgan fingerprint density at radius 3 is 2.64 bits per heavy atom. The molecule has 1 aromatic heterocycles. The van der Waals surface area contributed by atoms with Crippen molar-refractivity contribution in [3.8, 4) is 0 Å². The number of ether oxygens (including phenoxy) is 1. The van der Waals surface area contributed by atoms with Crippen LogP contribution in [0.15, 0.2) is 72.6 Å². The van der Waals surface area contributed by atoms with E-state index in [9.17, 15) is 4.79 Å². The summed E-state index contributed by atoms with van der Waals surface area (Å²) in [7, 11) is 1.42. The molecule has 33 heavy (non-hydrogen) atoms. The quantitative estimate of drug-likeness (QED) is 0.329. The maximum atomic E-state index is 15.1. The van der Waals surface area contributed by atoms with Crippen molar-refractivity contribution >= 4 is 22.4 Å². The van der Waals surface area contributed by atoms with Gasteiger partial charge < -0.3 is 14.6 Å². The smallest absolute Gasteiger partial charge is 0.311 e. The highest BCUT2D eigenvalue weighted by Crippen LogP contribution is 2.29. The summed E-state index contributed by atoms with van der Waals surface area (Å²) < 4.78 is 19.9. The first-order valence-corrected chi connectivity index (χ1v) is 11.6. The predicted octanol–water partition coefficient (Wildman–Crippen LogP) is 5.90. The molecule has 3 aromatic rings. The Bertz CT molecular complexity index is 1160. The molecule has 0 atom stereocenters. The molecular weight excluding hydrogens is 415 g/mol. The molecule has 4 nitrogen and oxygen atoms in total. The van der Waals surface area contributed by atoms with Gasteiger partial charge in [0.2, 0.25) is 0 Å². The van der Waals surface area contributed by atoms with E-state index >= 15 is 4.39 Å². The van der Waals surface area contributed by atoms with Crippen LogP contribution in [0.4, 0.5) is 4.39 Å². The standard InChI is InChI=1S/C28H31FN2O2/c1-3-8-24(25(29)11-7-14-31-18-23(19-31)28(32)33-2)27-17-22-16-21(12-13-26(22)30-27)15-20-9-5-4-6-10-20/h4-6,8-13,16-17,23,30H,3,7,14-15,18-19H2,1-2H3/b24-8+,25-11+. The Morgan fingerprint density at radius 2 is 1.91 bits per heavy atom. The zero-order chi connectivity index (χ0) is 23.2. The molecule has 0 bridgehead atoms. The van der Waals surface area contributed by atoms with Gasteiger partial charge in [-0.05, 0) is 54.7 Å². The van der Waals surface area contributed by atoms with Crippen molar-refractivity contribution in [1.82, 2.24) is 9.88 Å². The summed E-state index contributed by atoms with van der Waals surface area (Å²) >= 11 is 0. The number of benzene rings is 2. The molecule has 0 aliphatic carbocycles. The Hall–Kier alpha value is -3.18. The number of halogens is 1. The molecule has 1 aliphatic rings. The van der Waals surface area contributed by atoms with Crippen molar-refractivity contribution in [2.75, 3.05) is 26.7 Å². The number of hydrogen-bond acceptors (Lipinski definition) is 3. The first-order chi connectivity index (χ1) is 16.1. The average molecular weight is 447 g/mol. The highest BCUT2D eigenvalue weighted by atomic mass is 19.1. The molecule has 1 aliphatic heterocycles. The van der Waals surface area contributed by atoms with Crippen LogP contribution in [0.3, 0.4) is 0 Å². The molecule has 0 unspecified atom stereocenters. The minimum absolute atomic E-state index is 0.0440. The maximum Gasteiger partial charge on any atom is 0.311 e. The van der Waals surface area contributed by atoms with Gasteiger partial charge in [-0.25, -0.2) is 4.39 Å². The van der Waals surface area contributed by atoms with Gasteiger partial charge in [0, 0.05) is 41.8 Å². The lowest BCUT2D eigenvalue weighted by atomic mass is 10.00. The third-order valence-electron chi connectivity index (χ3n) is 6.15. The van der Waals surface area contributed by atoms with Crippen molar-refractivity contribution < 1.29 is 13.9 Å². The number of carbonyl (C=O) groups is 1.